The molecule has 0 fully saturated rings. The highest BCUT2D eigenvalue weighted by atomic mass is 35.5. The normalized spacial score (nSPS) is 10.7. The highest BCUT2D eigenvalue weighted by Crippen LogP contribution is 2.18. The molecule has 0 atom stereocenters. The molecule has 2 aromatic rings. The van der Waals surface area contributed by atoms with Crippen LogP contribution in [0, 0.1) is 0 Å². The van der Waals surface area contributed by atoms with Crippen molar-refractivity contribution in [2.75, 3.05) is 0 Å². The average molecular weight is 232 g/mol. The highest BCUT2D eigenvalue weighted by molar-refractivity contribution is 6.35. The van der Waals surface area contributed by atoms with Crippen molar-refractivity contribution in [2.45, 2.75) is 0 Å². The molecule has 0 aliphatic rings. The summed E-state index contributed by atoms with van der Waals surface area (Å²) in [4.78, 5) is 22.2. The quantitative estimate of drug-likeness (QED) is 0.693. The first kappa shape index (κ1) is 9.30. The second kappa shape index (κ2) is 3.15. The van der Waals surface area contributed by atoms with E-state index >= 15 is 0 Å². The summed E-state index contributed by atoms with van der Waals surface area (Å²) in [6.07, 6.45) is 0. The lowest BCUT2D eigenvalue weighted by Gasteiger charge is -2.00. The summed E-state index contributed by atoms with van der Waals surface area (Å²) in [7, 11) is 0. The van der Waals surface area contributed by atoms with Gasteiger partial charge in [0.2, 0.25) is 0 Å². The van der Waals surface area contributed by atoms with Crippen LogP contribution < -0.4 is 11.4 Å². The number of aromatic nitrogens is 1. The van der Waals surface area contributed by atoms with Crippen molar-refractivity contribution in [1.29, 1.82) is 0 Å². The molecule has 6 heteroatoms. The first-order chi connectivity index (χ1) is 6.61. The van der Waals surface area contributed by atoms with Crippen LogP contribution >= 0.6 is 23.4 Å². The van der Waals surface area contributed by atoms with Crippen LogP contribution in [0.4, 0.5) is 0 Å². The fraction of sp³-hybridized carbons (Fsp3) is 0. The van der Waals surface area contributed by atoms with Gasteiger partial charge in [0, 0.05) is 11.8 Å². The van der Waals surface area contributed by atoms with Gasteiger partial charge in [-0.3, -0.25) is 0 Å². The molecular weight excluding hydrogens is 229 g/mol. The SMILES string of the molecule is O=c1oc(=O)n(Cl)c2cccc(Cl)c12. The lowest BCUT2D eigenvalue weighted by molar-refractivity contribution is 0.452. The molecule has 4 nitrogen and oxygen atoms in total. The zero-order valence-corrected chi connectivity index (χ0v) is 8.17. The summed E-state index contributed by atoms with van der Waals surface area (Å²) in [5, 5.41) is 0.300. The maximum atomic E-state index is 11.2. The van der Waals surface area contributed by atoms with Crippen LogP contribution in [0.5, 0.6) is 0 Å². The molecule has 1 aromatic heterocycles. The number of nitrogens with zero attached hydrogens (tertiary/aromatic N) is 1. The molecule has 0 saturated carbocycles. The first-order valence-corrected chi connectivity index (χ1v) is 4.33. The lowest BCUT2D eigenvalue weighted by Crippen LogP contribution is -2.19. The van der Waals surface area contributed by atoms with Gasteiger partial charge < -0.3 is 4.42 Å². The number of benzene rings is 1. The Morgan fingerprint density at radius 1 is 1.29 bits per heavy atom. The van der Waals surface area contributed by atoms with E-state index in [9.17, 15) is 9.59 Å². The van der Waals surface area contributed by atoms with Gasteiger partial charge in [0.1, 0.15) is 5.39 Å². The van der Waals surface area contributed by atoms with E-state index in [0.717, 1.165) is 0 Å². The van der Waals surface area contributed by atoms with Crippen LogP contribution in [0.3, 0.4) is 0 Å². The van der Waals surface area contributed by atoms with Gasteiger partial charge in [-0.2, -0.15) is 4.09 Å². The summed E-state index contributed by atoms with van der Waals surface area (Å²) in [6, 6.07) is 4.61. The van der Waals surface area contributed by atoms with E-state index in [2.05, 4.69) is 4.42 Å². The van der Waals surface area contributed by atoms with Gasteiger partial charge >= 0.3 is 11.4 Å². The van der Waals surface area contributed by atoms with Gasteiger partial charge in [-0.25, -0.2) is 9.59 Å². The lowest BCUT2D eigenvalue weighted by atomic mass is 10.2. The molecule has 0 N–H and O–H groups in total. The Hall–Kier alpha value is -1.26. The van der Waals surface area contributed by atoms with E-state index in [1.807, 2.05) is 0 Å². The minimum atomic E-state index is -0.925. The van der Waals surface area contributed by atoms with E-state index < -0.39 is 11.4 Å². The molecule has 72 valence electrons. The van der Waals surface area contributed by atoms with Crippen LogP contribution in [0.1, 0.15) is 0 Å². The number of hydrogen-bond acceptors (Lipinski definition) is 3. The van der Waals surface area contributed by atoms with Crippen molar-refractivity contribution in [3.8, 4) is 0 Å². The zero-order chi connectivity index (χ0) is 10.3. The smallest absolute Gasteiger partial charge is 0.371 e. The van der Waals surface area contributed by atoms with Gasteiger partial charge in [-0.15, -0.1) is 0 Å². The van der Waals surface area contributed by atoms with Crippen LogP contribution in [0.15, 0.2) is 32.2 Å². The fourth-order valence-corrected chi connectivity index (χ4v) is 1.57. The number of hydrogen-bond donors (Lipinski definition) is 0. The second-order valence-corrected chi connectivity index (χ2v) is 3.32. The topological polar surface area (TPSA) is 52.2 Å². The van der Waals surface area contributed by atoms with Crippen LogP contribution in [-0.4, -0.2) is 4.09 Å². The molecule has 0 bridgehead atoms. The molecule has 0 unspecified atom stereocenters. The fourth-order valence-electron chi connectivity index (χ4n) is 1.15. The third kappa shape index (κ3) is 1.23. The number of rotatable bonds is 0. The average Bonchev–Trinajstić information content (AvgIpc) is 2.14. The standard InChI is InChI=1S/C8H3Cl2NO3/c9-4-2-1-3-5-6(4)7(12)14-8(13)11(5)10/h1-3H. The predicted molar refractivity (Wildman–Crippen MR) is 53.0 cm³/mol. The van der Waals surface area contributed by atoms with Gasteiger partial charge in [0.15, 0.2) is 0 Å². The van der Waals surface area contributed by atoms with Gasteiger partial charge in [-0.05, 0) is 12.1 Å². The summed E-state index contributed by atoms with van der Waals surface area (Å²) in [6.45, 7) is 0. The van der Waals surface area contributed by atoms with E-state index in [0.29, 0.717) is 4.09 Å². The van der Waals surface area contributed by atoms with E-state index in [-0.39, 0.29) is 15.9 Å². The van der Waals surface area contributed by atoms with Gasteiger partial charge in [0.25, 0.3) is 0 Å². The van der Waals surface area contributed by atoms with Crippen molar-refractivity contribution < 1.29 is 4.42 Å². The Morgan fingerprint density at radius 3 is 2.71 bits per heavy atom. The Morgan fingerprint density at radius 2 is 2.00 bits per heavy atom. The molecule has 0 aliphatic heterocycles. The first-order valence-electron chi connectivity index (χ1n) is 3.62. The van der Waals surface area contributed by atoms with E-state index in [1.165, 1.54) is 12.1 Å². The molecule has 1 heterocycles. The monoisotopic (exact) mass is 231 g/mol. The van der Waals surface area contributed by atoms with Gasteiger partial charge in [-0.1, -0.05) is 17.7 Å². The minimum absolute atomic E-state index is 0.101. The maximum absolute atomic E-state index is 11.2. The van der Waals surface area contributed by atoms with Crippen molar-refractivity contribution in [3.63, 3.8) is 0 Å². The molecule has 0 aliphatic carbocycles. The number of fused-ring (bicyclic) bond motifs is 1. The molecule has 0 saturated heterocycles. The Balaban J connectivity index is 3.18. The summed E-state index contributed by atoms with van der Waals surface area (Å²) in [5.41, 5.74) is -0.548. The largest absolute Gasteiger partial charge is 0.437 e. The number of halogens is 2. The molecule has 1 aromatic carbocycles. The third-order valence-electron chi connectivity index (χ3n) is 1.75. The maximum Gasteiger partial charge on any atom is 0.437 e. The molecule has 0 radical (unpaired) electrons. The van der Waals surface area contributed by atoms with E-state index in [4.69, 9.17) is 23.4 Å². The van der Waals surface area contributed by atoms with Crippen molar-refractivity contribution >= 4 is 34.3 Å². The minimum Gasteiger partial charge on any atom is -0.371 e. The van der Waals surface area contributed by atoms with Gasteiger partial charge in [0.05, 0.1) is 10.5 Å². The molecule has 2 rings (SSSR count). The highest BCUT2D eigenvalue weighted by Gasteiger charge is 2.10. The zero-order valence-electron chi connectivity index (χ0n) is 6.66. The van der Waals surface area contributed by atoms with Crippen molar-refractivity contribution in [2.24, 2.45) is 0 Å². The van der Waals surface area contributed by atoms with Crippen LogP contribution in [-0.2, 0) is 0 Å². The Kier molecular flexibility index (Phi) is 2.09. The Bertz CT molecular complexity index is 614. The molecule has 14 heavy (non-hydrogen) atoms. The summed E-state index contributed by atoms with van der Waals surface area (Å²) < 4.78 is 5.05. The molecular formula is C8H3Cl2NO3. The van der Waals surface area contributed by atoms with E-state index in [1.54, 1.807) is 6.07 Å². The second-order valence-electron chi connectivity index (χ2n) is 2.57. The summed E-state index contributed by atoms with van der Waals surface area (Å²) in [5.74, 6) is -0.925. The molecule has 0 spiro atoms. The predicted octanol–water partition coefficient (Wildman–Crippen LogP) is 1.61. The third-order valence-corrected chi connectivity index (χ3v) is 2.38. The van der Waals surface area contributed by atoms with Crippen molar-refractivity contribution in [3.05, 3.63) is 44.2 Å². The van der Waals surface area contributed by atoms with Crippen molar-refractivity contribution in [1.82, 2.24) is 4.09 Å². The molecule has 0 amide bonds. The summed E-state index contributed by atoms with van der Waals surface area (Å²) >= 11 is 11.3. The Labute approximate surface area is 87.4 Å². The van der Waals surface area contributed by atoms with Crippen LogP contribution in [0.2, 0.25) is 5.02 Å². The van der Waals surface area contributed by atoms with Crippen LogP contribution in [0.25, 0.3) is 10.9 Å².